The number of aromatic hydroxyl groups is 1. The van der Waals surface area contributed by atoms with Crippen LogP contribution in [-0.2, 0) is 6.54 Å². The standard InChI is InChI=1S/C15H16ClNO3/c1-19-14-8-15(20-2)12(7-11(14)16)17-9-10-5-3-4-6-13(10)18/h3-8,17-18H,9H2,1-2H3. The van der Waals surface area contributed by atoms with Crippen LogP contribution in [0.4, 0.5) is 5.69 Å². The molecule has 0 unspecified atom stereocenters. The molecule has 2 aromatic rings. The Labute approximate surface area is 122 Å². The lowest BCUT2D eigenvalue weighted by Gasteiger charge is -2.14. The molecule has 0 saturated heterocycles. The van der Waals surface area contributed by atoms with Gasteiger partial charge in [0.25, 0.3) is 0 Å². The lowest BCUT2D eigenvalue weighted by Crippen LogP contribution is -2.02. The fourth-order valence-electron chi connectivity index (χ4n) is 1.85. The maximum atomic E-state index is 9.73. The summed E-state index contributed by atoms with van der Waals surface area (Å²) in [6, 6.07) is 10.6. The molecule has 5 heteroatoms. The number of benzene rings is 2. The van der Waals surface area contributed by atoms with Crippen molar-refractivity contribution in [1.82, 2.24) is 0 Å². The van der Waals surface area contributed by atoms with Crippen LogP contribution in [0.15, 0.2) is 36.4 Å². The number of hydrogen-bond acceptors (Lipinski definition) is 4. The van der Waals surface area contributed by atoms with Crippen molar-refractivity contribution in [2.24, 2.45) is 0 Å². The number of phenols is 1. The van der Waals surface area contributed by atoms with E-state index in [0.717, 1.165) is 11.3 Å². The van der Waals surface area contributed by atoms with Gasteiger partial charge in [0, 0.05) is 18.2 Å². The molecule has 20 heavy (non-hydrogen) atoms. The van der Waals surface area contributed by atoms with E-state index in [2.05, 4.69) is 5.32 Å². The van der Waals surface area contributed by atoms with Crippen LogP contribution in [-0.4, -0.2) is 19.3 Å². The highest BCUT2D eigenvalue weighted by Crippen LogP contribution is 2.36. The molecule has 0 fully saturated rings. The number of methoxy groups -OCH3 is 2. The molecule has 0 heterocycles. The van der Waals surface area contributed by atoms with E-state index in [-0.39, 0.29) is 5.75 Å². The van der Waals surface area contributed by atoms with E-state index < -0.39 is 0 Å². The highest BCUT2D eigenvalue weighted by Gasteiger charge is 2.10. The molecule has 0 amide bonds. The first kappa shape index (κ1) is 14.3. The molecule has 0 atom stereocenters. The Morgan fingerprint density at radius 3 is 2.45 bits per heavy atom. The van der Waals surface area contributed by atoms with Gasteiger partial charge in [0.2, 0.25) is 0 Å². The predicted octanol–water partition coefficient (Wildman–Crippen LogP) is 3.67. The molecule has 0 saturated carbocycles. The average molecular weight is 294 g/mol. The van der Waals surface area contributed by atoms with Gasteiger partial charge in [-0.3, -0.25) is 0 Å². The molecule has 2 rings (SSSR count). The van der Waals surface area contributed by atoms with Gasteiger partial charge >= 0.3 is 0 Å². The summed E-state index contributed by atoms with van der Waals surface area (Å²) in [4.78, 5) is 0. The van der Waals surface area contributed by atoms with Gasteiger partial charge in [-0.1, -0.05) is 29.8 Å². The van der Waals surface area contributed by atoms with E-state index in [9.17, 15) is 5.11 Å². The number of ether oxygens (including phenoxy) is 2. The van der Waals surface area contributed by atoms with E-state index in [1.807, 2.05) is 12.1 Å². The van der Waals surface area contributed by atoms with Crippen LogP contribution in [0.25, 0.3) is 0 Å². The number of hydrogen-bond donors (Lipinski definition) is 2. The average Bonchev–Trinajstić information content (AvgIpc) is 2.46. The first-order valence-electron chi connectivity index (χ1n) is 6.08. The van der Waals surface area contributed by atoms with Crippen LogP contribution in [0.5, 0.6) is 17.2 Å². The Balaban J connectivity index is 2.21. The fourth-order valence-corrected chi connectivity index (χ4v) is 2.09. The Morgan fingerprint density at radius 1 is 1.10 bits per heavy atom. The van der Waals surface area contributed by atoms with Crippen molar-refractivity contribution in [2.45, 2.75) is 6.54 Å². The minimum Gasteiger partial charge on any atom is -0.508 e. The molecule has 2 aromatic carbocycles. The summed E-state index contributed by atoms with van der Waals surface area (Å²) in [7, 11) is 3.13. The molecular weight excluding hydrogens is 278 g/mol. The number of nitrogens with one attached hydrogen (secondary N) is 1. The van der Waals surface area contributed by atoms with Crippen molar-refractivity contribution in [1.29, 1.82) is 0 Å². The Bertz CT molecular complexity index is 602. The SMILES string of the molecule is COc1cc(OC)c(NCc2ccccc2O)cc1Cl. The highest BCUT2D eigenvalue weighted by atomic mass is 35.5. The Kier molecular flexibility index (Phi) is 4.58. The molecule has 2 N–H and O–H groups in total. The van der Waals surface area contributed by atoms with Crippen LogP contribution in [0, 0.1) is 0 Å². The molecular formula is C15H16ClNO3. The van der Waals surface area contributed by atoms with E-state index >= 15 is 0 Å². The van der Waals surface area contributed by atoms with Gasteiger partial charge in [-0.15, -0.1) is 0 Å². The van der Waals surface area contributed by atoms with Crippen LogP contribution in [0.3, 0.4) is 0 Å². The van der Waals surface area contributed by atoms with Gasteiger partial charge in [0.1, 0.15) is 17.2 Å². The van der Waals surface area contributed by atoms with Gasteiger partial charge in [0.05, 0.1) is 24.9 Å². The van der Waals surface area contributed by atoms with Gasteiger partial charge in [-0.05, 0) is 12.1 Å². The molecule has 0 aliphatic carbocycles. The van der Waals surface area contributed by atoms with Gasteiger partial charge in [0.15, 0.2) is 0 Å². The summed E-state index contributed by atoms with van der Waals surface area (Å²) < 4.78 is 10.4. The lowest BCUT2D eigenvalue weighted by atomic mass is 10.2. The van der Waals surface area contributed by atoms with Gasteiger partial charge < -0.3 is 19.9 Å². The van der Waals surface area contributed by atoms with Crippen LogP contribution in [0.2, 0.25) is 5.02 Å². The zero-order valence-electron chi connectivity index (χ0n) is 11.3. The summed E-state index contributed by atoms with van der Waals surface area (Å²) >= 11 is 6.10. The van der Waals surface area contributed by atoms with Crippen molar-refractivity contribution in [2.75, 3.05) is 19.5 Å². The van der Waals surface area contributed by atoms with Crippen LogP contribution < -0.4 is 14.8 Å². The summed E-state index contributed by atoms with van der Waals surface area (Å²) in [5.41, 5.74) is 1.53. The second-order valence-corrected chi connectivity index (χ2v) is 4.58. The molecule has 0 bridgehead atoms. The van der Waals surface area contributed by atoms with E-state index in [1.165, 1.54) is 0 Å². The minimum atomic E-state index is 0.249. The van der Waals surface area contributed by atoms with Crippen molar-refractivity contribution in [3.8, 4) is 17.2 Å². The third kappa shape index (κ3) is 3.08. The molecule has 106 valence electrons. The zero-order chi connectivity index (χ0) is 14.5. The van der Waals surface area contributed by atoms with Crippen LogP contribution in [0.1, 0.15) is 5.56 Å². The van der Waals surface area contributed by atoms with E-state index in [4.69, 9.17) is 21.1 Å². The first-order chi connectivity index (χ1) is 9.65. The van der Waals surface area contributed by atoms with Gasteiger partial charge in [-0.2, -0.15) is 0 Å². The molecule has 0 aliphatic heterocycles. The quantitative estimate of drug-likeness (QED) is 0.883. The van der Waals surface area contributed by atoms with Crippen molar-refractivity contribution >= 4 is 17.3 Å². The summed E-state index contributed by atoms with van der Waals surface area (Å²) in [6.45, 7) is 0.464. The molecule has 0 radical (unpaired) electrons. The maximum absolute atomic E-state index is 9.73. The summed E-state index contributed by atoms with van der Waals surface area (Å²) in [5.74, 6) is 1.43. The van der Waals surface area contributed by atoms with Crippen molar-refractivity contribution < 1.29 is 14.6 Å². The van der Waals surface area contributed by atoms with Crippen molar-refractivity contribution in [3.05, 3.63) is 47.0 Å². The second kappa shape index (κ2) is 6.39. The topological polar surface area (TPSA) is 50.7 Å². The third-order valence-corrected chi connectivity index (χ3v) is 3.23. The molecule has 0 aliphatic rings. The first-order valence-corrected chi connectivity index (χ1v) is 6.45. The maximum Gasteiger partial charge on any atom is 0.145 e. The Hall–Kier alpha value is -2.07. The lowest BCUT2D eigenvalue weighted by molar-refractivity contribution is 0.395. The fraction of sp³-hybridized carbons (Fsp3) is 0.200. The molecule has 0 spiro atoms. The predicted molar refractivity (Wildman–Crippen MR) is 80.0 cm³/mol. The summed E-state index contributed by atoms with van der Waals surface area (Å²) in [6.07, 6.45) is 0. The molecule has 0 aromatic heterocycles. The second-order valence-electron chi connectivity index (χ2n) is 4.17. The minimum absolute atomic E-state index is 0.249. The van der Waals surface area contributed by atoms with E-state index in [0.29, 0.717) is 23.1 Å². The molecule has 4 nitrogen and oxygen atoms in total. The number of para-hydroxylation sites is 1. The number of rotatable bonds is 5. The number of phenolic OH excluding ortho intramolecular Hbond substituents is 1. The number of halogens is 1. The van der Waals surface area contributed by atoms with Crippen molar-refractivity contribution in [3.63, 3.8) is 0 Å². The summed E-state index contributed by atoms with van der Waals surface area (Å²) in [5, 5.41) is 13.4. The van der Waals surface area contributed by atoms with E-state index in [1.54, 1.807) is 38.5 Å². The normalized spacial score (nSPS) is 10.2. The monoisotopic (exact) mass is 293 g/mol. The number of anilines is 1. The third-order valence-electron chi connectivity index (χ3n) is 2.93. The highest BCUT2D eigenvalue weighted by molar-refractivity contribution is 6.32. The Morgan fingerprint density at radius 2 is 1.80 bits per heavy atom. The zero-order valence-corrected chi connectivity index (χ0v) is 12.1. The van der Waals surface area contributed by atoms with Crippen LogP contribution >= 0.6 is 11.6 Å². The van der Waals surface area contributed by atoms with Gasteiger partial charge in [-0.25, -0.2) is 0 Å². The smallest absolute Gasteiger partial charge is 0.145 e. The largest absolute Gasteiger partial charge is 0.508 e.